The Morgan fingerprint density at radius 2 is 2.05 bits per heavy atom. The van der Waals surface area contributed by atoms with Gasteiger partial charge >= 0.3 is 5.97 Å². The van der Waals surface area contributed by atoms with E-state index in [0.717, 1.165) is 21.2 Å². The van der Waals surface area contributed by atoms with Crippen LogP contribution in [-0.2, 0) is 4.74 Å². The summed E-state index contributed by atoms with van der Waals surface area (Å²) >= 11 is 1.58. The van der Waals surface area contributed by atoms with Gasteiger partial charge in [-0.2, -0.15) is 0 Å². The minimum Gasteiger partial charge on any atom is -0.462 e. The van der Waals surface area contributed by atoms with Crippen molar-refractivity contribution in [2.75, 3.05) is 12.3 Å². The lowest BCUT2D eigenvalue weighted by atomic mass is 9.97. The molecule has 3 aromatic rings. The predicted octanol–water partition coefficient (Wildman–Crippen LogP) is 4.33. The summed E-state index contributed by atoms with van der Waals surface area (Å²) in [6.07, 6.45) is 0. The number of anilines is 1. The highest BCUT2D eigenvalue weighted by molar-refractivity contribution is 7.13. The van der Waals surface area contributed by atoms with Gasteiger partial charge in [0.2, 0.25) is 0 Å². The van der Waals surface area contributed by atoms with Crippen molar-refractivity contribution in [3.05, 3.63) is 53.4 Å². The molecule has 3 nitrogen and oxygen atoms in total. The molecule has 1 heterocycles. The van der Waals surface area contributed by atoms with Crippen molar-refractivity contribution in [1.29, 1.82) is 0 Å². The average Bonchev–Trinajstić information content (AvgIpc) is 3.01. The van der Waals surface area contributed by atoms with E-state index in [9.17, 15) is 4.79 Å². The molecule has 0 saturated heterocycles. The maximum absolute atomic E-state index is 12.3. The zero-order valence-corrected chi connectivity index (χ0v) is 12.4. The predicted molar refractivity (Wildman–Crippen MR) is 87.6 cm³/mol. The fourth-order valence-corrected chi connectivity index (χ4v) is 3.17. The minimum absolute atomic E-state index is 0.328. The third-order valence-corrected chi connectivity index (χ3v) is 4.26. The van der Waals surface area contributed by atoms with E-state index < -0.39 is 0 Å². The number of nitrogens with two attached hydrogens (primary N) is 1. The van der Waals surface area contributed by atoms with E-state index in [-0.39, 0.29) is 5.97 Å². The van der Waals surface area contributed by atoms with Crippen molar-refractivity contribution in [2.45, 2.75) is 6.92 Å². The standard InChI is InChI=1S/C17H15NO2S/c1-2-20-17(19)15-13(14-8-5-9-21-14)10-11-6-3-4-7-12(11)16(15)18/h3-10H,2,18H2,1H3. The molecule has 0 bridgehead atoms. The number of fused-ring (bicyclic) bond motifs is 1. The van der Waals surface area contributed by atoms with Crippen LogP contribution in [0.5, 0.6) is 0 Å². The molecule has 106 valence electrons. The summed E-state index contributed by atoms with van der Waals surface area (Å²) in [6, 6.07) is 13.7. The molecule has 2 aromatic carbocycles. The number of ether oxygens (including phenoxy) is 1. The number of hydrogen-bond acceptors (Lipinski definition) is 4. The van der Waals surface area contributed by atoms with Gasteiger partial charge in [0.1, 0.15) is 0 Å². The van der Waals surface area contributed by atoms with Crippen molar-refractivity contribution in [3.63, 3.8) is 0 Å². The molecule has 4 heteroatoms. The van der Waals surface area contributed by atoms with Gasteiger partial charge in [0.05, 0.1) is 17.9 Å². The Morgan fingerprint density at radius 3 is 2.76 bits per heavy atom. The smallest absolute Gasteiger partial charge is 0.340 e. The zero-order valence-electron chi connectivity index (χ0n) is 11.6. The fourth-order valence-electron chi connectivity index (χ4n) is 2.42. The van der Waals surface area contributed by atoms with Crippen molar-refractivity contribution in [2.24, 2.45) is 0 Å². The Morgan fingerprint density at radius 1 is 1.24 bits per heavy atom. The maximum Gasteiger partial charge on any atom is 0.340 e. The molecule has 0 amide bonds. The van der Waals surface area contributed by atoms with Gasteiger partial charge in [-0.15, -0.1) is 11.3 Å². The number of hydrogen-bond donors (Lipinski definition) is 1. The van der Waals surface area contributed by atoms with Crippen LogP contribution in [0.15, 0.2) is 47.8 Å². The fraction of sp³-hybridized carbons (Fsp3) is 0.118. The number of rotatable bonds is 3. The molecule has 1 aromatic heterocycles. The van der Waals surface area contributed by atoms with Crippen LogP contribution in [0.2, 0.25) is 0 Å². The molecule has 0 unspecified atom stereocenters. The van der Waals surface area contributed by atoms with Crippen LogP contribution in [-0.4, -0.2) is 12.6 Å². The monoisotopic (exact) mass is 297 g/mol. The second-order valence-electron chi connectivity index (χ2n) is 4.63. The van der Waals surface area contributed by atoms with Crippen molar-refractivity contribution in [3.8, 4) is 10.4 Å². The number of thiophene rings is 1. The molecule has 0 saturated carbocycles. The van der Waals surface area contributed by atoms with E-state index in [1.54, 1.807) is 18.3 Å². The van der Waals surface area contributed by atoms with E-state index in [1.807, 2.05) is 47.8 Å². The second-order valence-corrected chi connectivity index (χ2v) is 5.58. The van der Waals surface area contributed by atoms with Gasteiger partial charge in [-0.1, -0.05) is 30.3 Å². The van der Waals surface area contributed by atoms with Crippen LogP contribution < -0.4 is 5.73 Å². The number of esters is 1. The number of nitrogen functional groups attached to an aromatic ring is 1. The molecular weight excluding hydrogens is 282 g/mol. The molecule has 2 N–H and O–H groups in total. The van der Waals surface area contributed by atoms with E-state index in [4.69, 9.17) is 10.5 Å². The maximum atomic E-state index is 12.3. The van der Waals surface area contributed by atoms with Gasteiger partial charge in [0, 0.05) is 15.8 Å². The van der Waals surface area contributed by atoms with Gasteiger partial charge in [-0.3, -0.25) is 0 Å². The molecule has 0 aliphatic heterocycles. The molecule has 21 heavy (non-hydrogen) atoms. The molecule has 0 aliphatic rings. The lowest BCUT2D eigenvalue weighted by Crippen LogP contribution is -2.10. The summed E-state index contributed by atoms with van der Waals surface area (Å²) in [5.74, 6) is -0.371. The van der Waals surface area contributed by atoms with Crippen LogP contribution in [0.25, 0.3) is 21.2 Å². The van der Waals surface area contributed by atoms with Crippen molar-refractivity contribution in [1.82, 2.24) is 0 Å². The lowest BCUT2D eigenvalue weighted by Gasteiger charge is -2.13. The van der Waals surface area contributed by atoms with Gasteiger partial charge in [-0.25, -0.2) is 4.79 Å². The SMILES string of the molecule is CCOC(=O)c1c(-c2cccs2)cc2ccccc2c1N. The summed E-state index contributed by atoms with van der Waals surface area (Å²) in [7, 11) is 0. The Labute approximate surface area is 127 Å². The molecule has 0 aliphatic carbocycles. The van der Waals surface area contributed by atoms with E-state index >= 15 is 0 Å². The minimum atomic E-state index is -0.371. The molecule has 3 rings (SSSR count). The van der Waals surface area contributed by atoms with E-state index in [1.165, 1.54) is 0 Å². The quantitative estimate of drug-likeness (QED) is 0.578. The third kappa shape index (κ3) is 2.38. The lowest BCUT2D eigenvalue weighted by molar-refractivity contribution is 0.0528. The highest BCUT2D eigenvalue weighted by atomic mass is 32.1. The first-order valence-electron chi connectivity index (χ1n) is 6.74. The Balaban J connectivity index is 2.33. The van der Waals surface area contributed by atoms with Crippen LogP contribution in [0.3, 0.4) is 0 Å². The number of carbonyl (C=O) groups is 1. The number of benzene rings is 2. The largest absolute Gasteiger partial charge is 0.462 e. The number of carbonyl (C=O) groups excluding carboxylic acids is 1. The van der Waals surface area contributed by atoms with Crippen LogP contribution in [0.1, 0.15) is 17.3 Å². The van der Waals surface area contributed by atoms with E-state index in [0.29, 0.717) is 17.9 Å². The van der Waals surface area contributed by atoms with Gasteiger partial charge in [-0.05, 0) is 29.8 Å². The molecule has 0 fully saturated rings. The molecule has 0 radical (unpaired) electrons. The van der Waals surface area contributed by atoms with Crippen molar-refractivity contribution >= 4 is 33.8 Å². The normalized spacial score (nSPS) is 10.7. The Bertz CT molecular complexity index is 794. The third-order valence-electron chi connectivity index (χ3n) is 3.36. The average molecular weight is 297 g/mol. The molecule has 0 atom stereocenters. The van der Waals surface area contributed by atoms with Gasteiger partial charge in [0.15, 0.2) is 0 Å². The first-order chi connectivity index (χ1) is 10.2. The Kier molecular flexibility index (Phi) is 3.62. The highest BCUT2D eigenvalue weighted by Crippen LogP contribution is 2.36. The summed E-state index contributed by atoms with van der Waals surface area (Å²) in [5.41, 5.74) is 8.03. The first kappa shape index (κ1) is 13.6. The van der Waals surface area contributed by atoms with Crippen LogP contribution >= 0.6 is 11.3 Å². The summed E-state index contributed by atoms with van der Waals surface area (Å²) in [5, 5.41) is 3.88. The molecular formula is C17H15NO2S. The van der Waals surface area contributed by atoms with Crippen LogP contribution in [0.4, 0.5) is 5.69 Å². The van der Waals surface area contributed by atoms with Gasteiger partial charge in [0.25, 0.3) is 0 Å². The highest BCUT2D eigenvalue weighted by Gasteiger charge is 2.20. The van der Waals surface area contributed by atoms with Crippen LogP contribution in [0, 0.1) is 0 Å². The topological polar surface area (TPSA) is 52.3 Å². The summed E-state index contributed by atoms with van der Waals surface area (Å²) in [6.45, 7) is 2.12. The summed E-state index contributed by atoms with van der Waals surface area (Å²) < 4.78 is 5.18. The Hall–Kier alpha value is -2.33. The first-order valence-corrected chi connectivity index (χ1v) is 7.62. The van der Waals surface area contributed by atoms with E-state index in [2.05, 4.69) is 0 Å². The van der Waals surface area contributed by atoms with Crippen molar-refractivity contribution < 1.29 is 9.53 Å². The van der Waals surface area contributed by atoms with Gasteiger partial charge < -0.3 is 10.5 Å². The summed E-state index contributed by atoms with van der Waals surface area (Å²) in [4.78, 5) is 13.3. The second kappa shape index (κ2) is 5.58. The molecule has 0 spiro atoms. The zero-order chi connectivity index (χ0) is 14.8.